The third kappa shape index (κ3) is 7.54. The molecule has 2 saturated carbocycles. The van der Waals surface area contributed by atoms with E-state index < -0.39 is 41.2 Å². The van der Waals surface area contributed by atoms with Crippen molar-refractivity contribution in [1.29, 1.82) is 5.26 Å². The topological polar surface area (TPSA) is 215 Å². The number of fused-ring (bicyclic) bond motifs is 2. The van der Waals surface area contributed by atoms with Crippen LogP contribution in [0.1, 0.15) is 125 Å². The van der Waals surface area contributed by atoms with Crippen molar-refractivity contribution in [3.8, 4) is 6.07 Å². The second kappa shape index (κ2) is 15.4. The molecule has 0 radical (unpaired) electrons. The van der Waals surface area contributed by atoms with Crippen LogP contribution < -0.4 is 16.0 Å². The molecule has 2 saturated heterocycles. The SMILES string of the molecule is CC(C)(O)c1cc2nc(C3CCC(C(=O)N4CC5(CC(CCNc6cccc7c6C(=O)N(C6CCC(=O)NC6=O)C7=O)C5)C4)CC3)sc2cc1NC(=O)c1cncc(C#N)c1. The van der Waals surface area contributed by atoms with E-state index in [-0.39, 0.29) is 58.3 Å². The number of nitrogens with zero attached hydrogens (tertiary/aromatic N) is 5. The molecule has 5 aliphatic rings. The number of aliphatic hydroxyl groups is 1. The number of benzene rings is 2. The van der Waals surface area contributed by atoms with E-state index in [2.05, 4.69) is 20.9 Å². The zero-order chi connectivity index (χ0) is 42.8. The van der Waals surface area contributed by atoms with Gasteiger partial charge in [0.1, 0.15) is 12.1 Å². The quantitative estimate of drug-likeness (QED) is 0.147. The Bertz CT molecular complexity index is 2550. The van der Waals surface area contributed by atoms with Crippen LogP contribution in [0.2, 0.25) is 0 Å². The van der Waals surface area contributed by atoms with Gasteiger partial charge < -0.3 is 20.6 Å². The summed E-state index contributed by atoms with van der Waals surface area (Å²) in [4.78, 5) is 89.5. The van der Waals surface area contributed by atoms with Crippen molar-refractivity contribution >= 4 is 68.4 Å². The summed E-state index contributed by atoms with van der Waals surface area (Å²) in [6.07, 6.45) is 9.25. The Balaban J connectivity index is 0.747. The van der Waals surface area contributed by atoms with E-state index in [0.717, 1.165) is 78.2 Å². The first-order chi connectivity index (χ1) is 29.2. The third-order valence-electron chi connectivity index (χ3n) is 13.2. The summed E-state index contributed by atoms with van der Waals surface area (Å²) in [5.74, 6) is -1.57. The number of piperidine rings is 1. The van der Waals surface area contributed by atoms with E-state index in [1.807, 2.05) is 23.1 Å². The van der Waals surface area contributed by atoms with Gasteiger partial charge in [-0.3, -0.25) is 44.0 Å². The van der Waals surface area contributed by atoms with Gasteiger partial charge in [-0.1, -0.05) is 6.07 Å². The molecule has 4 aromatic rings. The Morgan fingerprint density at radius 2 is 1.79 bits per heavy atom. The van der Waals surface area contributed by atoms with E-state index >= 15 is 0 Å². The molecule has 16 heteroatoms. The van der Waals surface area contributed by atoms with Crippen LogP contribution in [0.3, 0.4) is 0 Å². The molecular formula is C45H46N8O7S. The zero-order valence-electron chi connectivity index (χ0n) is 34.0. The maximum atomic E-state index is 13.6. The van der Waals surface area contributed by atoms with Crippen molar-refractivity contribution in [1.82, 2.24) is 25.1 Å². The number of hydrogen-bond acceptors (Lipinski definition) is 12. The monoisotopic (exact) mass is 842 g/mol. The number of anilines is 2. The van der Waals surface area contributed by atoms with Crippen molar-refractivity contribution in [3.63, 3.8) is 0 Å². The van der Waals surface area contributed by atoms with Crippen LogP contribution in [0.5, 0.6) is 0 Å². The number of carbonyl (C=O) groups excluding carboxylic acids is 6. The van der Waals surface area contributed by atoms with Crippen LogP contribution in [0.15, 0.2) is 48.8 Å². The van der Waals surface area contributed by atoms with E-state index in [1.54, 1.807) is 43.4 Å². The molecule has 9 rings (SSSR count). The molecule has 6 amide bonds. The molecule has 61 heavy (non-hydrogen) atoms. The summed E-state index contributed by atoms with van der Waals surface area (Å²) in [5.41, 5.74) is 2.25. The first kappa shape index (κ1) is 40.4. The van der Waals surface area contributed by atoms with Gasteiger partial charge >= 0.3 is 0 Å². The first-order valence-electron chi connectivity index (χ1n) is 20.9. The Kier molecular flexibility index (Phi) is 10.2. The van der Waals surface area contributed by atoms with Gasteiger partial charge in [0.25, 0.3) is 17.7 Å². The summed E-state index contributed by atoms with van der Waals surface area (Å²) < 4.78 is 0.884. The van der Waals surface area contributed by atoms with Crippen molar-refractivity contribution in [2.75, 3.05) is 30.3 Å². The first-order valence-corrected chi connectivity index (χ1v) is 21.7. The predicted octanol–water partition coefficient (Wildman–Crippen LogP) is 5.46. The molecular weight excluding hydrogens is 797 g/mol. The van der Waals surface area contributed by atoms with Crippen LogP contribution in [-0.4, -0.2) is 86.0 Å². The molecule has 3 aliphatic heterocycles. The number of likely N-dealkylation sites (tertiary alicyclic amines) is 1. The van der Waals surface area contributed by atoms with Crippen LogP contribution in [0.4, 0.5) is 11.4 Å². The Morgan fingerprint density at radius 3 is 2.51 bits per heavy atom. The predicted molar refractivity (Wildman–Crippen MR) is 224 cm³/mol. The number of thiazole rings is 1. The summed E-state index contributed by atoms with van der Waals surface area (Å²) in [7, 11) is 0. The fraction of sp³-hybridized carbons (Fsp3) is 0.444. The van der Waals surface area contributed by atoms with Crippen molar-refractivity contribution in [2.45, 2.75) is 89.2 Å². The van der Waals surface area contributed by atoms with E-state index in [9.17, 15) is 39.1 Å². The number of imide groups is 2. The smallest absolute Gasteiger partial charge is 0.264 e. The number of amides is 6. The highest BCUT2D eigenvalue weighted by Gasteiger charge is 2.54. The second-order valence-corrected chi connectivity index (χ2v) is 19.0. The van der Waals surface area contributed by atoms with Gasteiger partial charge in [0.2, 0.25) is 17.7 Å². The Morgan fingerprint density at radius 1 is 1.02 bits per heavy atom. The summed E-state index contributed by atoms with van der Waals surface area (Å²) in [6.45, 7) is 5.51. The fourth-order valence-electron chi connectivity index (χ4n) is 10.1. The molecule has 1 unspecified atom stereocenters. The third-order valence-corrected chi connectivity index (χ3v) is 14.3. The van der Waals surface area contributed by atoms with E-state index in [4.69, 9.17) is 4.98 Å². The second-order valence-electron chi connectivity index (χ2n) is 17.9. The standard InChI is InChI=1S/C45H46N8O7S/c1-44(2,60)30-15-33-35(16-32(30)49-38(55)28-14-25(19-46)20-47-21-28)61-40(50-33)26-6-8-27(9-7-26)41(57)52-22-45(23-52)17-24(18-45)12-13-48-31-5-3-4-29-37(31)43(59)53(42(29)58)34-10-11-36(54)51-39(34)56/h3-5,14-16,20-21,24,26-27,34,48,60H,6-13,17-18,22-23H2,1-2H3,(H,49,55)(H,51,54,56). The number of rotatable bonds is 10. The fourth-order valence-corrected chi connectivity index (χ4v) is 11.2. The Hall–Kier alpha value is -6.05. The summed E-state index contributed by atoms with van der Waals surface area (Å²) >= 11 is 1.57. The minimum atomic E-state index is -1.26. The number of nitriles is 1. The summed E-state index contributed by atoms with van der Waals surface area (Å²) in [5, 5.41) is 29.7. The molecule has 314 valence electrons. The van der Waals surface area contributed by atoms with Gasteiger partial charge in [0, 0.05) is 72.6 Å². The number of carbonyl (C=O) groups is 6. The van der Waals surface area contributed by atoms with E-state index in [0.29, 0.717) is 29.4 Å². The van der Waals surface area contributed by atoms with Gasteiger partial charge in [0.05, 0.1) is 43.1 Å². The van der Waals surface area contributed by atoms with Crippen molar-refractivity contribution in [3.05, 3.63) is 81.6 Å². The van der Waals surface area contributed by atoms with Crippen LogP contribution in [0.25, 0.3) is 10.2 Å². The normalized spacial score (nSPS) is 22.4. The lowest BCUT2D eigenvalue weighted by atomic mass is 9.56. The number of hydrogen-bond donors (Lipinski definition) is 4. The minimum Gasteiger partial charge on any atom is -0.386 e. The average molecular weight is 843 g/mol. The number of nitrogens with one attached hydrogen (secondary N) is 3. The molecule has 2 aromatic heterocycles. The highest BCUT2D eigenvalue weighted by Crippen LogP contribution is 2.54. The van der Waals surface area contributed by atoms with Gasteiger partial charge in [-0.05, 0) is 101 Å². The molecule has 1 atom stereocenters. The molecule has 15 nitrogen and oxygen atoms in total. The number of aromatic nitrogens is 2. The maximum Gasteiger partial charge on any atom is 0.264 e. The lowest BCUT2D eigenvalue weighted by Crippen LogP contribution is -2.64. The number of pyridine rings is 1. The van der Waals surface area contributed by atoms with E-state index in [1.165, 1.54) is 18.5 Å². The molecule has 1 spiro atoms. The average Bonchev–Trinajstić information content (AvgIpc) is 3.74. The van der Waals surface area contributed by atoms with Gasteiger partial charge in [-0.2, -0.15) is 5.26 Å². The van der Waals surface area contributed by atoms with Gasteiger partial charge in [-0.25, -0.2) is 4.98 Å². The minimum absolute atomic E-state index is 0.00575. The highest BCUT2D eigenvalue weighted by atomic mass is 32.1. The van der Waals surface area contributed by atoms with Crippen molar-refractivity contribution in [2.24, 2.45) is 17.3 Å². The highest BCUT2D eigenvalue weighted by molar-refractivity contribution is 7.18. The molecule has 2 aliphatic carbocycles. The molecule has 5 heterocycles. The largest absolute Gasteiger partial charge is 0.386 e. The molecule has 2 aromatic carbocycles. The Labute approximate surface area is 355 Å². The van der Waals surface area contributed by atoms with Crippen LogP contribution >= 0.6 is 11.3 Å². The maximum absolute atomic E-state index is 13.6. The van der Waals surface area contributed by atoms with Gasteiger partial charge in [-0.15, -0.1) is 11.3 Å². The van der Waals surface area contributed by atoms with Crippen LogP contribution in [-0.2, 0) is 20.0 Å². The zero-order valence-corrected chi connectivity index (χ0v) is 34.8. The molecule has 4 fully saturated rings. The molecule has 4 N–H and O–H groups in total. The van der Waals surface area contributed by atoms with Crippen LogP contribution in [0, 0.1) is 28.6 Å². The summed E-state index contributed by atoms with van der Waals surface area (Å²) in [6, 6.07) is 11.2. The lowest BCUT2D eigenvalue weighted by Gasteiger charge is -2.60. The molecule has 0 bridgehead atoms. The lowest BCUT2D eigenvalue weighted by molar-refractivity contribution is -0.160. The van der Waals surface area contributed by atoms with Crippen molar-refractivity contribution < 1.29 is 33.9 Å². The van der Waals surface area contributed by atoms with Gasteiger partial charge in [0.15, 0.2) is 0 Å².